The summed E-state index contributed by atoms with van der Waals surface area (Å²) in [4.78, 5) is 14.6. The van der Waals surface area contributed by atoms with Gasteiger partial charge in [-0.2, -0.15) is 0 Å². The monoisotopic (exact) mass is 299 g/mol. The number of primary sulfonamides is 1. The van der Waals surface area contributed by atoms with Crippen LogP contribution in [0.5, 0.6) is 0 Å². The molecular weight excluding hydrogens is 278 g/mol. The Balaban J connectivity index is 1.99. The van der Waals surface area contributed by atoms with Crippen LogP contribution in [-0.2, 0) is 10.0 Å². The van der Waals surface area contributed by atoms with Crippen molar-refractivity contribution in [2.45, 2.75) is 50.0 Å². The predicted octanol–water partition coefficient (Wildman–Crippen LogP) is 1.36. The van der Waals surface area contributed by atoms with E-state index in [4.69, 9.17) is 5.14 Å². The number of rotatable bonds is 4. The maximum atomic E-state index is 12.1. The number of carbonyl (C=O) groups excluding carboxylic acids is 1. The van der Waals surface area contributed by atoms with Gasteiger partial charge < -0.3 is 10.3 Å². The van der Waals surface area contributed by atoms with Gasteiger partial charge in [0.05, 0.1) is 4.90 Å². The third-order valence-electron chi connectivity index (χ3n) is 3.95. The summed E-state index contributed by atoms with van der Waals surface area (Å²) in [5.41, 5.74) is 0.219. The van der Waals surface area contributed by atoms with Crippen molar-refractivity contribution in [2.24, 2.45) is 11.1 Å². The number of hydrogen-bond acceptors (Lipinski definition) is 3. The number of nitrogens with two attached hydrogens (primary N) is 1. The second-order valence-corrected chi connectivity index (χ2v) is 7.02. The van der Waals surface area contributed by atoms with Crippen molar-refractivity contribution in [3.63, 3.8) is 0 Å². The maximum Gasteiger partial charge on any atom is 0.267 e. The number of amides is 1. The molecule has 1 atom stereocenters. The minimum Gasteiger partial charge on any atom is -0.356 e. The second-order valence-electron chi connectivity index (χ2n) is 5.45. The highest BCUT2D eigenvalue weighted by atomic mass is 32.2. The maximum absolute atomic E-state index is 12.1. The number of H-pyrrole nitrogens is 1. The molecule has 2 rings (SSSR count). The highest BCUT2D eigenvalue weighted by Gasteiger charge is 2.23. The Morgan fingerprint density at radius 2 is 2.05 bits per heavy atom. The molecule has 1 fully saturated rings. The van der Waals surface area contributed by atoms with E-state index in [0.29, 0.717) is 5.92 Å². The number of aromatic nitrogens is 1. The summed E-state index contributed by atoms with van der Waals surface area (Å²) in [6.07, 6.45) is 7.19. The van der Waals surface area contributed by atoms with Gasteiger partial charge >= 0.3 is 0 Å². The van der Waals surface area contributed by atoms with Crippen molar-refractivity contribution < 1.29 is 13.2 Å². The van der Waals surface area contributed by atoms with E-state index < -0.39 is 10.0 Å². The number of aromatic amines is 1. The number of hydrogen-bond donors (Lipinski definition) is 3. The normalized spacial score (nSPS) is 18.7. The third kappa shape index (κ3) is 3.61. The number of carbonyl (C=O) groups is 1. The lowest BCUT2D eigenvalue weighted by atomic mass is 9.84. The summed E-state index contributed by atoms with van der Waals surface area (Å²) in [6, 6.07) is 1.35. The third-order valence-corrected chi connectivity index (χ3v) is 4.84. The van der Waals surface area contributed by atoms with Crippen molar-refractivity contribution in [1.82, 2.24) is 10.3 Å². The van der Waals surface area contributed by atoms with Crippen LogP contribution >= 0.6 is 0 Å². The van der Waals surface area contributed by atoms with E-state index in [2.05, 4.69) is 10.3 Å². The summed E-state index contributed by atoms with van der Waals surface area (Å²) >= 11 is 0. The molecule has 1 heterocycles. The quantitative estimate of drug-likeness (QED) is 0.781. The van der Waals surface area contributed by atoms with E-state index in [-0.39, 0.29) is 22.5 Å². The zero-order valence-electron chi connectivity index (χ0n) is 11.6. The second kappa shape index (κ2) is 5.97. The molecule has 0 saturated heterocycles. The molecule has 20 heavy (non-hydrogen) atoms. The van der Waals surface area contributed by atoms with Crippen LogP contribution in [0, 0.1) is 5.92 Å². The molecule has 6 nitrogen and oxygen atoms in total. The Morgan fingerprint density at radius 3 is 2.60 bits per heavy atom. The first kappa shape index (κ1) is 15.1. The van der Waals surface area contributed by atoms with Gasteiger partial charge in [0.15, 0.2) is 0 Å². The van der Waals surface area contributed by atoms with Crippen LogP contribution in [0.4, 0.5) is 0 Å². The summed E-state index contributed by atoms with van der Waals surface area (Å²) in [6.45, 7) is 2.00. The lowest BCUT2D eigenvalue weighted by Crippen LogP contribution is -2.39. The molecular formula is C13H21N3O3S. The van der Waals surface area contributed by atoms with E-state index in [1.807, 2.05) is 6.92 Å². The van der Waals surface area contributed by atoms with Crippen LogP contribution < -0.4 is 10.5 Å². The molecule has 1 aliphatic carbocycles. The largest absolute Gasteiger partial charge is 0.356 e. The van der Waals surface area contributed by atoms with Gasteiger partial charge in [0, 0.05) is 12.2 Å². The first-order valence-electron chi connectivity index (χ1n) is 6.90. The summed E-state index contributed by atoms with van der Waals surface area (Å²) in [5, 5.41) is 7.93. The standard InChI is InChI=1S/C13H21N3O3S/c1-9(10-5-3-2-4-6-10)16-13(17)12-7-11(8-15-12)20(14,18)19/h7-10,15H,2-6H2,1H3,(H,16,17)(H2,14,18,19). The van der Waals surface area contributed by atoms with Gasteiger partial charge in [-0.15, -0.1) is 0 Å². The highest BCUT2D eigenvalue weighted by molar-refractivity contribution is 7.89. The zero-order valence-corrected chi connectivity index (χ0v) is 12.4. The molecule has 0 radical (unpaired) electrons. The predicted molar refractivity (Wildman–Crippen MR) is 75.7 cm³/mol. The first-order valence-corrected chi connectivity index (χ1v) is 8.44. The Kier molecular flexibility index (Phi) is 4.49. The Bertz CT molecular complexity index is 573. The Labute approximate surface area is 119 Å². The van der Waals surface area contributed by atoms with Crippen LogP contribution in [0.1, 0.15) is 49.5 Å². The SMILES string of the molecule is CC(NC(=O)c1cc(S(N)(=O)=O)c[nH]1)C1CCCCC1. The zero-order chi connectivity index (χ0) is 14.8. The topological polar surface area (TPSA) is 105 Å². The van der Waals surface area contributed by atoms with Crippen LogP contribution in [-0.4, -0.2) is 25.4 Å². The van der Waals surface area contributed by atoms with Crippen LogP contribution in [0.15, 0.2) is 17.2 Å². The molecule has 112 valence electrons. The Hall–Kier alpha value is -1.34. The Morgan fingerprint density at radius 1 is 1.40 bits per heavy atom. The molecule has 1 unspecified atom stereocenters. The van der Waals surface area contributed by atoms with Gasteiger partial charge in [0.1, 0.15) is 5.69 Å². The van der Waals surface area contributed by atoms with Gasteiger partial charge in [0.2, 0.25) is 10.0 Å². The van der Waals surface area contributed by atoms with Crippen molar-refractivity contribution in [2.75, 3.05) is 0 Å². The lowest BCUT2D eigenvalue weighted by molar-refractivity contribution is 0.0915. The molecule has 1 amide bonds. The minimum atomic E-state index is -3.78. The fourth-order valence-corrected chi connectivity index (χ4v) is 3.21. The summed E-state index contributed by atoms with van der Waals surface area (Å²) < 4.78 is 22.3. The van der Waals surface area contributed by atoms with Crippen molar-refractivity contribution in [3.05, 3.63) is 18.0 Å². The highest BCUT2D eigenvalue weighted by Crippen LogP contribution is 2.26. The molecule has 0 bridgehead atoms. The minimum absolute atomic E-state index is 0.0760. The average molecular weight is 299 g/mol. The van der Waals surface area contributed by atoms with Gasteiger partial charge in [-0.05, 0) is 31.7 Å². The van der Waals surface area contributed by atoms with Crippen molar-refractivity contribution in [3.8, 4) is 0 Å². The van der Waals surface area contributed by atoms with E-state index in [9.17, 15) is 13.2 Å². The molecule has 1 aliphatic rings. The first-order chi connectivity index (χ1) is 9.38. The van der Waals surface area contributed by atoms with E-state index in [1.165, 1.54) is 31.5 Å². The fourth-order valence-electron chi connectivity index (χ4n) is 2.71. The van der Waals surface area contributed by atoms with Crippen LogP contribution in [0.25, 0.3) is 0 Å². The van der Waals surface area contributed by atoms with Crippen molar-refractivity contribution in [1.29, 1.82) is 0 Å². The summed E-state index contributed by atoms with van der Waals surface area (Å²) in [7, 11) is -3.78. The molecule has 7 heteroatoms. The molecule has 4 N–H and O–H groups in total. The van der Waals surface area contributed by atoms with E-state index in [1.54, 1.807) is 0 Å². The van der Waals surface area contributed by atoms with E-state index in [0.717, 1.165) is 12.8 Å². The average Bonchev–Trinajstić information content (AvgIpc) is 2.89. The van der Waals surface area contributed by atoms with Crippen LogP contribution in [0.3, 0.4) is 0 Å². The summed E-state index contributed by atoms with van der Waals surface area (Å²) in [5.74, 6) is 0.207. The molecule has 1 aromatic heterocycles. The van der Waals surface area contributed by atoms with Crippen LogP contribution in [0.2, 0.25) is 0 Å². The number of sulfonamides is 1. The molecule has 0 spiro atoms. The van der Waals surface area contributed by atoms with Crippen molar-refractivity contribution >= 4 is 15.9 Å². The van der Waals surface area contributed by atoms with Gasteiger partial charge in [-0.3, -0.25) is 4.79 Å². The lowest BCUT2D eigenvalue weighted by Gasteiger charge is -2.28. The fraction of sp³-hybridized carbons (Fsp3) is 0.615. The molecule has 1 saturated carbocycles. The van der Waals surface area contributed by atoms with Gasteiger partial charge in [0.25, 0.3) is 5.91 Å². The van der Waals surface area contributed by atoms with Gasteiger partial charge in [-0.1, -0.05) is 19.3 Å². The van der Waals surface area contributed by atoms with Gasteiger partial charge in [-0.25, -0.2) is 13.6 Å². The van der Waals surface area contributed by atoms with E-state index >= 15 is 0 Å². The molecule has 0 aromatic carbocycles. The molecule has 1 aromatic rings. The smallest absolute Gasteiger partial charge is 0.267 e. The molecule has 0 aliphatic heterocycles. The number of nitrogens with one attached hydrogen (secondary N) is 2.